The summed E-state index contributed by atoms with van der Waals surface area (Å²) in [7, 11) is -3.22. The maximum absolute atomic E-state index is 15.7. The van der Waals surface area contributed by atoms with Gasteiger partial charge in [-0.2, -0.15) is 0 Å². The number of aromatic nitrogens is 2. The number of hydrogen-bond acceptors (Lipinski definition) is 2. The van der Waals surface area contributed by atoms with Crippen molar-refractivity contribution >= 4 is 77.3 Å². The fourth-order valence-electron chi connectivity index (χ4n) is 8.82. The van der Waals surface area contributed by atoms with Crippen molar-refractivity contribution in [2.45, 2.75) is 0 Å². The first-order chi connectivity index (χ1) is 28.2. The van der Waals surface area contributed by atoms with Gasteiger partial charge >= 0.3 is 0 Å². The number of rotatable bonds is 6. The van der Waals surface area contributed by atoms with Gasteiger partial charge in [0.25, 0.3) is 0 Å². The third-order valence-corrected chi connectivity index (χ3v) is 14.5. The van der Waals surface area contributed by atoms with Gasteiger partial charge < -0.3 is 9.13 Å². The molecule has 0 radical (unpaired) electrons. The summed E-state index contributed by atoms with van der Waals surface area (Å²) < 4.78 is 18.0. The van der Waals surface area contributed by atoms with Crippen LogP contribution in [0.15, 0.2) is 212 Å². The molecule has 3 nitrogen and oxygen atoms in total. The molecule has 0 aliphatic carbocycles. The van der Waals surface area contributed by atoms with E-state index in [4.69, 9.17) is 4.98 Å². The molecule has 0 saturated carbocycles. The Morgan fingerprint density at radius 3 is 1.61 bits per heavy atom. The van der Waals surface area contributed by atoms with Gasteiger partial charge in [-0.25, -0.2) is 4.98 Å². The van der Waals surface area contributed by atoms with Gasteiger partial charge in [-0.3, -0.25) is 0 Å². The average Bonchev–Trinajstić information content (AvgIpc) is 3.62. The number of para-hydroxylation sites is 2. The van der Waals surface area contributed by atoms with Gasteiger partial charge in [0.2, 0.25) is 0 Å². The van der Waals surface area contributed by atoms with Gasteiger partial charge in [-0.15, -0.1) is 0 Å². The van der Waals surface area contributed by atoms with Crippen molar-refractivity contribution in [3.63, 3.8) is 0 Å². The first-order valence-electron chi connectivity index (χ1n) is 19.3. The minimum Gasteiger partial charge on any atom is -0.309 e. The van der Waals surface area contributed by atoms with Crippen molar-refractivity contribution < 1.29 is 4.57 Å². The maximum Gasteiger partial charge on any atom is 0.171 e. The third-order valence-electron chi connectivity index (χ3n) is 11.4. The van der Waals surface area contributed by atoms with Crippen LogP contribution in [-0.2, 0) is 4.57 Å². The molecule has 268 valence electrons. The molecule has 4 heteroatoms. The molecule has 0 aliphatic heterocycles. The minimum atomic E-state index is -3.22. The second-order valence-electron chi connectivity index (χ2n) is 14.6. The number of fused-ring (bicyclic) bond motifs is 8. The van der Waals surface area contributed by atoms with Gasteiger partial charge in [0.15, 0.2) is 7.14 Å². The van der Waals surface area contributed by atoms with E-state index >= 15 is 4.57 Å². The maximum atomic E-state index is 15.7. The highest BCUT2D eigenvalue weighted by Crippen LogP contribution is 2.46. The molecule has 0 fully saturated rings. The van der Waals surface area contributed by atoms with E-state index in [0.717, 1.165) is 82.1 Å². The Kier molecular flexibility index (Phi) is 7.77. The molecule has 0 amide bonds. The molecule has 9 aromatic carbocycles. The van der Waals surface area contributed by atoms with E-state index in [1.807, 2.05) is 60.7 Å². The Bertz CT molecular complexity index is 3320. The third kappa shape index (κ3) is 5.28. The van der Waals surface area contributed by atoms with E-state index in [9.17, 15) is 0 Å². The van der Waals surface area contributed by atoms with Crippen LogP contribution in [-0.4, -0.2) is 9.55 Å². The fraction of sp³-hybridized carbons (Fsp3) is 0. The van der Waals surface area contributed by atoms with Gasteiger partial charge in [-0.05, 0) is 76.5 Å². The topological polar surface area (TPSA) is 34.9 Å². The van der Waals surface area contributed by atoms with E-state index < -0.39 is 7.14 Å². The number of pyridine rings is 1. The SMILES string of the molecule is O=P(c1ccccc1)(c1ccccc1)c1ccc2c(c1)c1cc(-c3cc4c(-c5ccccc5)nc5ccccc5c4c4ccccc34)ccc1n2-c1ccccc1. The Morgan fingerprint density at radius 2 is 0.930 bits per heavy atom. The Morgan fingerprint density at radius 1 is 0.386 bits per heavy atom. The van der Waals surface area contributed by atoms with Crippen LogP contribution in [0.25, 0.3) is 82.3 Å². The number of hydrogen-bond donors (Lipinski definition) is 0. The molecule has 0 atom stereocenters. The summed E-state index contributed by atoms with van der Waals surface area (Å²) in [5, 5.41) is 10.5. The monoisotopic (exact) mass is 746 g/mol. The highest BCUT2D eigenvalue weighted by atomic mass is 31.2. The molecule has 0 N–H and O–H groups in total. The number of benzene rings is 9. The smallest absolute Gasteiger partial charge is 0.171 e. The first kappa shape index (κ1) is 33.3. The lowest BCUT2D eigenvalue weighted by Gasteiger charge is -2.20. The molecule has 0 unspecified atom stereocenters. The second kappa shape index (κ2) is 13.3. The zero-order valence-corrected chi connectivity index (χ0v) is 31.9. The lowest BCUT2D eigenvalue weighted by atomic mass is 9.89. The van der Waals surface area contributed by atoms with Crippen molar-refractivity contribution in [2.75, 3.05) is 0 Å². The molecule has 11 rings (SSSR count). The summed E-state index contributed by atoms with van der Waals surface area (Å²) in [5.41, 5.74) is 8.53. The molecule has 2 aromatic heterocycles. The molecule has 0 aliphatic rings. The number of nitrogens with zero attached hydrogens (tertiary/aromatic N) is 2. The molecular formula is C53H35N2OP. The fourth-order valence-corrected chi connectivity index (χ4v) is 11.5. The van der Waals surface area contributed by atoms with Gasteiger partial charge in [-0.1, -0.05) is 158 Å². The van der Waals surface area contributed by atoms with E-state index in [1.165, 1.54) is 16.2 Å². The zero-order chi connectivity index (χ0) is 37.9. The minimum absolute atomic E-state index is 0.812. The molecule has 0 spiro atoms. The standard InChI is InChI=1S/C53H35N2OP/c56-57(39-21-9-3-10-22-39,40-23-11-4-12-24-40)41-30-32-51-47(34-41)46-33-37(29-31-50(46)55(51)38-19-7-2-8-20-38)45-35-48-52(43-26-14-13-25-42(43)45)44-27-15-16-28-49(44)54-53(48)36-17-5-1-6-18-36/h1-35H. The summed E-state index contributed by atoms with van der Waals surface area (Å²) in [6.45, 7) is 0. The van der Waals surface area contributed by atoms with E-state index in [0.29, 0.717) is 0 Å². The summed E-state index contributed by atoms with van der Waals surface area (Å²) in [5.74, 6) is 0. The van der Waals surface area contributed by atoms with Gasteiger partial charge in [0.1, 0.15) is 0 Å². The van der Waals surface area contributed by atoms with E-state index in [2.05, 4.69) is 156 Å². The van der Waals surface area contributed by atoms with Crippen LogP contribution in [0.3, 0.4) is 0 Å². The molecule has 0 saturated heterocycles. The van der Waals surface area contributed by atoms with Crippen molar-refractivity contribution in [1.29, 1.82) is 0 Å². The average molecular weight is 747 g/mol. The Hall–Kier alpha value is -7.06. The van der Waals surface area contributed by atoms with Crippen LogP contribution >= 0.6 is 7.14 Å². The largest absolute Gasteiger partial charge is 0.309 e. The highest BCUT2D eigenvalue weighted by molar-refractivity contribution is 7.85. The lowest BCUT2D eigenvalue weighted by molar-refractivity contribution is 0.592. The normalized spacial score (nSPS) is 11.9. The van der Waals surface area contributed by atoms with E-state index in [-0.39, 0.29) is 0 Å². The molecule has 57 heavy (non-hydrogen) atoms. The van der Waals surface area contributed by atoms with Crippen molar-refractivity contribution in [1.82, 2.24) is 9.55 Å². The predicted octanol–water partition coefficient (Wildman–Crippen LogP) is 12.6. The molecule has 0 bridgehead atoms. The zero-order valence-electron chi connectivity index (χ0n) is 31.0. The van der Waals surface area contributed by atoms with Crippen LogP contribution in [0.4, 0.5) is 0 Å². The summed E-state index contributed by atoms with van der Waals surface area (Å²) >= 11 is 0. The van der Waals surface area contributed by atoms with Crippen LogP contribution in [0, 0.1) is 0 Å². The van der Waals surface area contributed by atoms with Gasteiger partial charge in [0, 0.05) is 54.1 Å². The van der Waals surface area contributed by atoms with Crippen molar-refractivity contribution in [2.24, 2.45) is 0 Å². The summed E-state index contributed by atoms with van der Waals surface area (Å²) in [6.07, 6.45) is 0. The van der Waals surface area contributed by atoms with Gasteiger partial charge in [0.05, 0.1) is 22.2 Å². The Balaban J connectivity index is 1.22. The highest BCUT2D eigenvalue weighted by Gasteiger charge is 2.30. The van der Waals surface area contributed by atoms with Crippen molar-refractivity contribution in [3.05, 3.63) is 212 Å². The Labute approximate surface area is 330 Å². The second-order valence-corrected chi connectivity index (χ2v) is 17.4. The van der Waals surface area contributed by atoms with Crippen LogP contribution in [0.2, 0.25) is 0 Å². The van der Waals surface area contributed by atoms with Crippen LogP contribution in [0.1, 0.15) is 0 Å². The molecule has 2 heterocycles. The quantitative estimate of drug-likeness (QED) is 0.125. The lowest BCUT2D eigenvalue weighted by Crippen LogP contribution is -2.24. The summed E-state index contributed by atoms with van der Waals surface area (Å²) in [4.78, 5) is 5.30. The predicted molar refractivity (Wildman–Crippen MR) is 241 cm³/mol. The summed E-state index contributed by atoms with van der Waals surface area (Å²) in [6, 6.07) is 73.7. The molecule has 11 aromatic rings. The van der Waals surface area contributed by atoms with E-state index in [1.54, 1.807) is 0 Å². The molecular weight excluding hydrogens is 712 g/mol. The van der Waals surface area contributed by atoms with Crippen LogP contribution in [0.5, 0.6) is 0 Å². The van der Waals surface area contributed by atoms with Crippen molar-refractivity contribution in [3.8, 4) is 28.1 Å². The van der Waals surface area contributed by atoms with Crippen LogP contribution < -0.4 is 15.9 Å². The first-order valence-corrected chi connectivity index (χ1v) is 21.0.